The fraction of sp³-hybridized carbons (Fsp3) is 0.625. The first-order valence-corrected chi connectivity index (χ1v) is 8.75. The SMILES string of the molecule is CC(C)CNCc1c(Cl)cccc1SCC1CCCO1. The lowest BCUT2D eigenvalue weighted by Gasteiger charge is -2.15. The molecule has 0 aromatic heterocycles. The average Bonchev–Trinajstić information content (AvgIpc) is 2.91. The van der Waals surface area contributed by atoms with E-state index in [9.17, 15) is 0 Å². The molecule has 1 heterocycles. The van der Waals surface area contributed by atoms with Crippen molar-refractivity contribution in [3.8, 4) is 0 Å². The second-order valence-corrected chi connectivity index (χ2v) is 7.16. The maximum absolute atomic E-state index is 6.36. The molecule has 1 saturated heterocycles. The van der Waals surface area contributed by atoms with Crippen LogP contribution in [0.4, 0.5) is 0 Å². The summed E-state index contributed by atoms with van der Waals surface area (Å²) >= 11 is 8.22. The smallest absolute Gasteiger partial charge is 0.0669 e. The van der Waals surface area contributed by atoms with Crippen molar-refractivity contribution in [2.24, 2.45) is 5.92 Å². The Hall–Kier alpha value is -0.220. The largest absolute Gasteiger partial charge is 0.377 e. The van der Waals surface area contributed by atoms with Gasteiger partial charge >= 0.3 is 0 Å². The van der Waals surface area contributed by atoms with Crippen molar-refractivity contribution in [1.29, 1.82) is 0 Å². The Morgan fingerprint density at radius 3 is 3.00 bits per heavy atom. The van der Waals surface area contributed by atoms with Gasteiger partial charge in [-0.15, -0.1) is 11.8 Å². The van der Waals surface area contributed by atoms with Crippen LogP contribution >= 0.6 is 23.4 Å². The standard InChI is InChI=1S/C16H24ClNOS/c1-12(2)9-18-10-14-15(17)6-3-7-16(14)20-11-13-5-4-8-19-13/h3,6-7,12-13,18H,4-5,8-11H2,1-2H3. The monoisotopic (exact) mass is 313 g/mol. The molecule has 1 fully saturated rings. The first kappa shape index (κ1) is 16.2. The van der Waals surface area contributed by atoms with E-state index in [-0.39, 0.29) is 0 Å². The van der Waals surface area contributed by atoms with Gasteiger partial charge in [-0.3, -0.25) is 0 Å². The van der Waals surface area contributed by atoms with Gasteiger partial charge in [0.2, 0.25) is 0 Å². The molecule has 2 nitrogen and oxygen atoms in total. The predicted octanol–water partition coefficient (Wildman–Crippen LogP) is 4.36. The molecule has 1 aromatic rings. The molecular formula is C16H24ClNOS. The lowest BCUT2D eigenvalue weighted by Crippen LogP contribution is -2.19. The molecule has 0 aliphatic carbocycles. The van der Waals surface area contributed by atoms with Gasteiger partial charge in [0.1, 0.15) is 0 Å². The summed E-state index contributed by atoms with van der Waals surface area (Å²) in [5.41, 5.74) is 1.22. The third-order valence-corrected chi connectivity index (χ3v) is 4.97. The highest BCUT2D eigenvalue weighted by atomic mass is 35.5. The van der Waals surface area contributed by atoms with Crippen LogP contribution < -0.4 is 5.32 Å². The summed E-state index contributed by atoms with van der Waals surface area (Å²) in [6, 6.07) is 6.17. The highest BCUT2D eigenvalue weighted by Gasteiger charge is 2.17. The number of nitrogens with one attached hydrogen (secondary N) is 1. The second kappa shape index (κ2) is 8.28. The van der Waals surface area contributed by atoms with Crippen molar-refractivity contribution < 1.29 is 4.74 Å². The van der Waals surface area contributed by atoms with E-state index in [2.05, 4.69) is 25.2 Å². The van der Waals surface area contributed by atoms with E-state index in [1.165, 1.54) is 23.3 Å². The third-order valence-electron chi connectivity index (χ3n) is 3.38. The summed E-state index contributed by atoms with van der Waals surface area (Å²) in [4.78, 5) is 1.28. The molecule has 1 aliphatic rings. The highest BCUT2D eigenvalue weighted by molar-refractivity contribution is 7.99. The highest BCUT2D eigenvalue weighted by Crippen LogP contribution is 2.30. The van der Waals surface area contributed by atoms with E-state index in [1.807, 2.05) is 23.9 Å². The van der Waals surface area contributed by atoms with Crippen LogP contribution in [0.25, 0.3) is 0 Å². The van der Waals surface area contributed by atoms with E-state index in [0.29, 0.717) is 12.0 Å². The van der Waals surface area contributed by atoms with E-state index < -0.39 is 0 Å². The van der Waals surface area contributed by atoms with Crippen LogP contribution in [0.15, 0.2) is 23.1 Å². The molecule has 1 aromatic carbocycles. The van der Waals surface area contributed by atoms with Crippen LogP contribution in [0.3, 0.4) is 0 Å². The summed E-state index contributed by atoms with van der Waals surface area (Å²) in [5, 5.41) is 4.34. The van der Waals surface area contributed by atoms with Crippen molar-refractivity contribution in [2.45, 2.75) is 44.2 Å². The van der Waals surface area contributed by atoms with Crippen molar-refractivity contribution in [2.75, 3.05) is 18.9 Å². The lowest BCUT2D eigenvalue weighted by atomic mass is 10.2. The number of ether oxygens (including phenoxy) is 1. The first-order chi connectivity index (χ1) is 9.66. The van der Waals surface area contributed by atoms with E-state index in [1.54, 1.807) is 0 Å². The molecule has 1 unspecified atom stereocenters. The number of rotatable bonds is 7. The van der Waals surface area contributed by atoms with E-state index >= 15 is 0 Å². The molecule has 1 aliphatic heterocycles. The third kappa shape index (κ3) is 4.96. The van der Waals surface area contributed by atoms with Gasteiger partial charge in [-0.25, -0.2) is 0 Å². The van der Waals surface area contributed by atoms with Crippen LogP contribution in [-0.2, 0) is 11.3 Å². The van der Waals surface area contributed by atoms with Crippen LogP contribution in [0.1, 0.15) is 32.3 Å². The summed E-state index contributed by atoms with van der Waals surface area (Å²) in [6.45, 7) is 7.20. The zero-order valence-corrected chi connectivity index (χ0v) is 13.9. The minimum Gasteiger partial charge on any atom is -0.377 e. The zero-order valence-electron chi connectivity index (χ0n) is 12.3. The first-order valence-electron chi connectivity index (χ1n) is 7.39. The molecule has 0 radical (unpaired) electrons. The molecule has 0 bridgehead atoms. The van der Waals surface area contributed by atoms with Crippen LogP contribution in [0.5, 0.6) is 0 Å². The number of halogens is 1. The topological polar surface area (TPSA) is 21.3 Å². The summed E-state index contributed by atoms with van der Waals surface area (Å²) in [7, 11) is 0. The molecule has 0 saturated carbocycles. The van der Waals surface area contributed by atoms with Crippen LogP contribution in [0, 0.1) is 5.92 Å². The molecule has 0 spiro atoms. The Labute approximate surface area is 131 Å². The Morgan fingerprint density at radius 1 is 1.45 bits per heavy atom. The van der Waals surface area contributed by atoms with Crippen LogP contribution in [-0.4, -0.2) is 25.0 Å². The van der Waals surface area contributed by atoms with Gasteiger partial charge in [0.15, 0.2) is 0 Å². The van der Waals surface area contributed by atoms with E-state index in [0.717, 1.165) is 30.5 Å². The van der Waals surface area contributed by atoms with Gasteiger partial charge in [-0.1, -0.05) is 31.5 Å². The Bertz CT molecular complexity index is 419. The molecule has 1 atom stereocenters. The number of hydrogen-bond donors (Lipinski definition) is 1. The van der Waals surface area contributed by atoms with Gasteiger partial charge in [0, 0.05) is 28.8 Å². The molecule has 4 heteroatoms. The number of benzene rings is 1. The average molecular weight is 314 g/mol. The van der Waals surface area contributed by atoms with Gasteiger partial charge < -0.3 is 10.1 Å². The summed E-state index contributed by atoms with van der Waals surface area (Å²) in [5.74, 6) is 1.68. The van der Waals surface area contributed by atoms with Crippen molar-refractivity contribution >= 4 is 23.4 Å². The number of hydrogen-bond acceptors (Lipinski definition) is 3. The molecule has 0 amide bonds. The Balaban J connectivity index is 1.93. The van der Waals surface area contributed by atoms with Crippen molar-refractivity contribution in [3.05, 3.63) is 28.8 Å². The molecule has 2 rings (SSSR count). The number of thioether (sulfide) groups is 1. The fourth-order valence-electron chi connectivity index (χ4n) is 2.29. The minimum atomic E-state index is 0.412. The van der Waals surface area contributed by atoms with Gasteiger partial charge in [-0.05, 0) is 43.0 Å². The molecule has 20 heavy (non-hydrogen) atoms. The maximum Gasteiger partial charge on any atom is 0.0669 e. The van der Waals surface area contributed by atoms with Crippen LogP contribution in [0.2, 0.25) is 5.02 Å². The summed E-state index contributed by atoms with van der Waals surface area (Å²) in [6.07, 6.45) is 2.80. The van der Waals surface area contributed by atoms with Gasteiger partial charge in [-0.2, -0.15) is 0 Å². The zero-order chi connectivity index (χ0) is 14.4. The predicted molar refractivity (Wildman–Crippen MR) is 87.7 cm³/mol. The van der Waals surface area contributed by atoms with Gasteiger partial charge in [0.25, 0.3) is 0 Å². The molecular weight excluding hydrogens is 290 g/mol. The Morgan fingerprint density at radius 2 is 2.30 bits per heavy atom. The summed E-state index contributed by atoms with van der Waals surface area (Å²) < 4.78 is 5.69. The second-order valence-electron chi connectivity index (χ2n) is 5.69. The molecule has 1 N–H and O–H groups in total. The van der Waals surface area contributed by atoms with E-state index in [4.69, 9.17) is 16.3 Å². The van der Waals surface area contributed by atoms with Gasteiger partial charge in [0.05, 0.1) is 6.10 Å². The van der Waals surface area contributed by atoms with Crippen molar-refractivity contribution in [3.63, 3.8) is 0 Å². The maximum atomic E-state index is 6.36. The lowest BCUT2D eigenvalue weighted by molar-refractivity contribution is 0.129. The Kier molecular flexibility index (Phi) is 6.69. The quantitative estimate of drug-likeness (QED) is 0.756. The minimum absolute atomic E-state index is 0.412. The fourth-order valence-corrected chi connectivity index (χ4v) is 3.75. The normalized spacial score (nSPS) is 18.9. The molecule has 112 valence electrons. The van der Waals surface area contributed by atoms with Crippen molar-refractivity contribution in [1.82, 2.24) is 5.32 Å².